The van der Waals surface area contributed by atoms with Crippen LogP contribution in [0.4, 0.5) is 5.82 Å². The van der Waals surface area contributed by atoms with E-state index >= 15 is 0 Å². The maximum Gasteiger partial charge on any atom is 0.181 e. The summed E-state index contributed by atoms with van der Waals surface area (Å²) in [7, 11) is 0. The molecule has 108 valence electrons. The zero-order valence-corrected chi connectivity index (χ0v) is 15.0. The van der Waals surface area contributed by atoms with Crippen molar-refractivity contribution in [1.82, 2.24) is 15.0 Å². The summed E-state index contributed by atoms with van der Waals surface area (Å²) in [4.78, 5) is 13.7. The predicted octanol–water partition coefficient (Wildman–Crippen LogP) is 4.23. The first-order valence-corrected chi connectivity index (χ1v) is 8.82. The Bertz CT molecular complexity index is 555. The Kier molecular flexibility index (Phi) is 5.71. The molecule has 0 aliphatic heterocycles. The van der Waals surface area contributed by atoms with Gasteiger partial charge in [0.1, 0.15) is 11.5 Å². The van der Waals surface area contributed by atoms with Crippen molar-refractivity contribution in [2.24, 2.45) is 5.92 Å². The number of aromatic nitrogens is 3. The van der Waals surface area contributed by atoms with E-state index in [9.17, 15) is 0 Å². The van der Waals surface area contributed by atoms with E-state index in [0.717, 1.165) is 46.0 Å². The minimum atomic E-state index is 0.570. The number of nitrogens with one attached hydrogen (secondary N) is 1. The van der Waals surface area contributed by atoms with Crippen molar-refractivity contribution in [3.63, 3.8) is 0 Å². The summed E-state index contributed by atoms with van der Waals surface area (Å²) in [6, 6.07) is 0. The number of nitrogens with zero attached hydrogens (tertiary/aromatic N) is 3. The zero-order valence-electron chi connectivity index (χ0n) is 12.0. The number of rotatable bonds is 6. The minimum absolute atomic E-state index is 0.570. The molecule has 0 radical (unpaired) electrons. The molecular weight excluding hydrogens is 383 g/mol. The topological polar surface area (TPSA) is 50.7 Å². The van der Waals surface area contributed by atoms with Gasteiger partial charge in [-0.2, -0.15) is 0 Å². The van der Waals surface area contributed by atoms with Gasteiger partial charge >= 0.3 is 0 Å². The van der Waals surface area contributed by atoms with E-state index in [0.29, 0.717) is 5.92 Å². The van der Waals surface area contributed by atoms with Crippen LogP contribution in [0.3, 0.4) is 0 Å². The first-order chi connectivity index (χ1) is 9.61. The molecule has 0 unspecified atom stereocenters. The van der Waals surface area contributed by atoms with Crippen LogP contribution in [0, 0.1) is 9.49 Å². The van der Waals surface area contributed by atoms with E-state index in [2.05, 4.69) is 58.6 Å². The van der Waals surface area contributed by atoms with Crippen molar-refractivity contribution in [3.05, 3.63) is 20.2 Å². The van der Waals surface area contributed by atoms with Crippen LogP contribution in [0.5, 0.6) is 0 Å². The van der Waals surface area contributed by atoms with Crippen molar-refractivity contribution >= 4 is 39.7 Å². The molecule has 0 aromatic carbocycles. The maximum atomic E-state index is 4.71. The van der Waals surface area contributed by atoms with Crippen LogP contribution in [0.1, 0.15) is 32.9 Å². The summed E-state index contributed by atoms with van der Waals surface area (Å²) >= 11 is 3.91. The van der Waals surface area contributed by atoms with Gasteiger partial charge < -0.3 is 5.32 Å². The molecule has 0 spiro atoms. The van der Waals surface area contributed by atoms with E-state index in [1.165, 1.54) is 0 Å². The minimum Gasteiger partial charge on any atom is -0.369 e. The molecule has 2 aromatic heterocycles. The Labute approximate surface area is 137 Å². The Morgan fingerprint density at radius 3 is 2.75 bits per heavy atom. The van der Waals surface area contributed by atoms with E-state index in [-0.39, 0.29) is 0 Å². The highest BCUT2D eigenvalue weighted by Gasteiger charge is 2.15. The highest BCUT2D eigenvalue weighted by atomic mass is 127. The number of hydrogen-bond donors (Lipinski definition) is 1. The molecule has 0 saturated carbocycles. The van der Waals surface area contributed by atoms with Gasteiger partial charge in [-0.1, -0.05) is 20.8 Å². The van der Waals surface area contributed by atoms with Gasteiger partial charge in [0.25, 0.3) is 0 Å². The number of anilines is 1. The van der Waals surface area contributed by atoms with Crippen molar-refractivity contribution in [3.8, 4) is 11.5 Å². The lowest BCUT2D eigenvalue weighted by Crippen LogP contribution is -2.10. The van der Waals surface area contributed by atoms with E-state index < -0.39 is 0 Å². The second-order valence-electron chi connectivity index (χ2n) is 5.05. The van der Waals surface area contributed by atoms with E-state index in [1.807, 2.05) is 10.9 Å². The first-order valence-electron chi connectivity index (χ1n) is 6.80. The average Bonchev–Trinajstić information content (AvgIpc) is 2.93. The third-order valence-corrected chi connectivity index (χ3v) is 4.45. The maximum absolute atomic E-state index is 4.71. The number of thiazole rings is 1. The Balaban J connectivity index is 2.42. The lowest BCUT2D eigenvalue weighted by molar-refractivity contribution is 0.632. The highest BCUT2D eigenvalue weighted by molar-refractivity contribution is 14.1. The summed E-state index contributed by atoms with van der Waals surface area (Å²) in [5.74, 6) is 2.22. The fraction of sp³-hybridized carbons (Fsp3) is 0.500. The quantitative estimate of drug-likeness (QED) is 0.735. The molecule has 2 heterocycles. The monoisotopic (exact) mass is 402 g/mol. The standard InChI is InChI=1S/C14H19IN4S/c1-4-5-16-14-12(15)10(6-9(2)3)18-13(19-14)11-7-20-8-17-11/h7-9H,4-6H2,1-3H3,(H,16,18,19). The fourth-order valence-corrected chi connectivity index (χ4v) is 3.00. The summed E-state index contributed by atoms with van der Waals surface area (Å²) in [6.07, 6.45) is 2.03. The lowest BCUT2D eigenvalue weighted by atomic mass is 10.1. The van der Waals surface area contributed by atoms with Crippen LogP contribution >= 0.6 is 33.9 Å². The van der Waals surface area contributed by atoms with Gasteiger partial charge in [-0.25, -0.2) is 15.0 Å². The van der Waals surface area contributed by atoms with Crippen molar-refractivity contribution < 1.29 is 0 Å². The molecule has 0 aliphatic carbocycles. The Morgan fingerprint density at radius 2 is 2.15 bits per heavy atom. The molecule has 2 rings (SSSR count). The summed E-state index contributed by atoms with van der Waals surface area (Å²) in [5, 5.41) is 5.39. The second kappa shape index (κ2) is 7.31. The number of hydrogen-bond acceptors (Lipinski definition) is 5. The summed E-state index contributed by atoms with van der Waals surface area (Å²) in [5.41, 5.74) is 3.78. The summed E-state index contributed by atoms with van der Waals surface area (Å²) in [6.45, 7) is 7.49. The van der Waals surface area contributed by atoms with Gasteiger partial charge in [-0.3, -0.25) is 0 Å². The van der Waals surface area contributed by atoms with Gasteiger partial charge in [0.05, 0.1) is 14.8 Å². The van der Waals surface area contributed by atoms with Crippen LogP contribution in [0.15, 0.2) is 10.9 Å². The smallest absolute Gasteiger partial charge is 0.181 e. The normalized spacial score (nSPS) is 11.1. The second-order valence-corrected chi connectivity index (χ2v) is 6.85. The lowest BCUT2D eigenvalue weighted by Gasteiger charge is -2.13. The third-order valence-electron chi connectivity index (χ3n) is 2.73. The van der Waals surface area contributed by atoms with Crippen LogP contribution in [0.2, 0.25) is 0 Å². The van der Waals surface area contributed by atoms with E-state index in [4.69, 9.17) is 4.98 Å². The molecule has 0 aliphatic rings. The molecule has 4 nitrogen and oxygen atoms in total. The zero-order chi connectivity index (χ0) is 14.5. The molecule has 20 heavy (non-hydrogen) atoms. The largest absolute Gasteiger partial charge is 0.369 e. The molecule has 6 heteroatoms. The molecule has 0 fully saturated rings. The molecule has 2 aromatic rings. The van der Waals surface area contributed by atoms with Crippen LogP contribution in [-0.2, 0) is 6.42 Å². The Morgan fingerprint density at radius 1 is 1.35 bits per heavy atom. The van der Waals surface area contributed by atoms with Gasteiger partial charge in [0, 0.05) is 11.9 Å². The van der Waals surface area contributed by atoms with Crippen LogP contribution in [0.25, 0.3) is 11.5 Å². The molecule has 1 N–H and O–H groups in total. The van der Waals surface area contributed by atoms with Gasteiger partial charge in [-0.05, 0) is 41.4 Å². The van der Waals surface area contributed by atoms with Crippen LogP contribution in [-0.4, -0.2) is 21.5 Å². The fourth-order valence-electron chi connectivity index (χ4n) is 1.81. The van der Waals surface area contributed by atoms with Gasteiger partial charge in [0.15, 0.2) is 5.82 Å². The number of halogens is 1. The van der Waals surface area contributed by atoms with Gasteiger partial charge in [0.2, 0.25) is 0 Å². The molecule has 0 atom stereocenters. The highest BCUT2D eigenvalue weighted by Crippen LogP contribution is 2.25. The Hall–Kier alpha value is -0.760. The SMILES string of the molecule is CCCNc1nc(-c2cscn2)nc(CC(C)C)c1I. The van der Waals surface area contributed by atoms with Crippen molar-refractivity contribution in [1.29, 1.82) is 0 Å². The molecular formula is C14H19IN4S. The van der Waals surface area contributed by atoms with Gasteiger partial charge in [-0.15, -0.1) is 11.3 Å². The molecule has 0 bridgehead atoms. The van der Waals surface area contributed by atoms with Crippen molar-refractivity contribution in [2.45, 2.75) is 33.6 Å². The van der Waals surface area contributed by atoms with E-state index in [1.54, 1.807) is 11.3 Å². The first kappa shape index (κ1) is 15.6. The van der Waals surface area contributed by atoms with Crippen LogP contribution < -0.4 is 5.32 Å². The predicted molar refractivity (Wildman–Crippen MR) is 93.2 cm³/mol. The third kappa shape index (κ3) is 3.88. The average molecular weight is 402 g/mol. The van der Waals surface area contributed by atoms with Crippen molar-refractivity contribution in [2.75, 3.05) is 11.9 Å². The summed E-state index contributed by atoms with van der Waals surface area (Å²) < 4.78 is 1.13. The molecule has 0 amide bonds. The molecule has 0 saturated heterocycles.